The third-order valence-corrected chi connectivity index (χ3v) is 3.98. The van der Waals surface area contributed by atoms with Crippen molar-refractivity contribution in [1.82, 2.24) is 9.88 Å². The summed E-state index contributed by atoms with van der Waals surface area (Å²) in [5.74, 6) is 1.63. The van der Waals surface area contributed by atoms with Gasteiger partial charge in [-0.05, 0) is 46.8 Å². The van der Waals surface area contributed by atoms with Crippen molar-refractivity contribution in [2.75, 3.05) is 18.4 Å². The standard InChI is InChI=1S/C15H22BrN3O/c1-11(2)9-15(20)19-7-5-13(6-8-19)18-14-4-3-12(16)10-17-14/h3-4,10-11,13H,5-9H2,1-2H3,(H,17,18). The number of aromatic nitrogens is 1. The molecule has 1 amide bonds. The second-order valence-electron chi connectivity index (χ2n) is 5.76. The van der Waals surface area contributed by atoms with Crippen LogP contribution in [0.3, 0.4) is 0 Å². The Morgan fingerprint density at radius 2 is 2.15 bits per heavy atom. The topological polar surface area (TPSA) is 45.2 Å². The van der Waals surface area contributed by atoms with E-state index in [2.05, 4.69) is 40.1 Å². The number of carbonyl (C=O) groups excluding carboxylic acids is 1. The van der Waals surface area contributed by atoms with Gasteiger partial charge in [-0.1, -0.05) is 13.8 Å². The lowest BCUT2D eigenvalue weighted by Crippen LogP contribution is -2.42. The molecule has 110 valence electrons. The van der Waals surface area contributed by atoms with Gasteiger partial charge in [-0.15, -0.1) is 0 Å². The number of pyridine rings is 1. The molecule has 2 rings (SSSR count). The van der Waals surface area contributed by atoms with Gasteiger partial charge >= 0.3 is 0 Å². The number of amides is 1. The number of hydrogen-bond acceptors (Lipinski definition) is 3. The predicted molar refractivity (Wildman–Crippen MR) is 84.6 cm³/mol. The van der Waals surface area contributed by atoms with E-state index < -0.39 is 0 Å². The molecule has 1 aliphatic heterocycles. The highest BCUT2D eigenvalue weighted by Gasteiger charge is 2.23. The van der Waals surface area contributed by atoms with Crippen LogP contribution in [-0.2, 0) is 4.79 Å². The fourth-order valence-electron chi connectivity index (χ4n) is 2.42. The molecule has 0 aromatic carbocycles. The van der Waals surface area contributed by atoms with Gasteiger partial charge < -0.3 is 10.2 Å². The summed E-state index contributed by atoms with van der Waals surface area (Å²) in [6, 6.07) is 4.36. The molecule has 0 unspecified atom stereocenters. The largest absolute Gasteiger partial charge is 0.367 e. The average Bonchev–Trinajstić information content (AvgIpc) is 2.41. The lowest BCUT2D eigenvalue weighted by atomic mass is 10.0. The lowest BCUT2D eigenvalue weighted by Gasteiger charge is -2.33. The lowest BCUT2D eigenvalue weighted by molar-refractivity contribution is -0.132. The zero-order valence-corrected chi connectivity index (χ0v) is 13.7. The molecule has 1 aliphatic rings. The summed E-state index contributed by atoms with van der Waals surface area (Å²) in [6.45, 7) is 5.87. The molecule has 0 bridgehead atoms. The minimum absolute atomic E-state index is 0.292. The number of halogens is 1. The van der Waals surface area contributed by atoms with Crippen molar-refractivity contribution in [3.8, 4) is 0 Å². The van der Waals surface area contributed by atoms with Crippen molar-refractivity contribution >= 4 is 27.7 Å². The molecule has 0 saturated carbocycles. The van der Waals surface area contributed by atoms with Gasteiger partial charge in [0.25, 0.3) is 0 Å². The zero-order chi connectivity index (χ0) is 14.5. The Bertz CT molecular complexity index is 439. The number of hydrogen-bond donors (Lipinski definition) is 1. The second kappa shape index (κ2) is 7.07. The van der Waals surface area contributed by atoms with Crippen LogP contribution in [0.4, 0.5) is 5.82 Å². The molecule has 0 aliphatic carbocycles. The monoisotopic (exact) mass is 339 g/mol. The minimum atomic E-state index is 0.292. The summed E-state index contributed by atoms with van der Waals surface area (Å²) in [5, 5.41) is 3.44. The maximum absolute atomic E-state index is 12.0. The highest BCUT2D eigenvalue weighted by atomic mass is 79.9. The normalized spacial score (nSPS) is 16.5. The minimum Gasteiger partial charge on any atom is -0.367 e. The molecule has 0 spiro atoms. The van der Waals surface area contributed by atoms with E-state index >= 15 is 0 Å². The van der Waals surface area contributed by atoms with Crippen molar-refractivity contribution in [1.29, 1.82) is 0 Å². The van der Waals surface area contributed by atoms with E-state index in [9.17, 15) is 4.79 Å². The smallest absolute Gasteiger partial charge is 0.222 e. The van der Waals surface area contributed by atoms with E-state index in [1.165, 1.54) is 0 Å². The van der Waals surface area contributed by atoms with Gasteiger partial charge in [-0.3, -0.25) is 4.79 Å². The molecule has 20 heavy (non-hydrogen) atoms. The van der Waals surface area contributed by atoms with Gasteiger partial charge in [0.1, 0.15) is 5.82 Å². The zero-order valence-electron chi connectivity index (χ0n) is 12.1. The van der Waals surface area contributed by atoms with Crippen LogP contribution < -0.4 is 5.32 Å². The molecule has 1 fully saturated rings. The van der Waals surface area contributed by atoms with Crippen LogP contribution >= 0.6 is 15.9 Å². The Balaban J connectivity index is 1.79. The quantitative estimate of drug-likeness (QED) is 0.915. The van der Waals surface area contributed by atoms with Gasteiger partial charge in [0.2, 0.25) is 5.91 Å². The highest BCUT2D eigenvalue weighted by molar-refractivity contribution is 9.10. The van der Waals surface area contributed by atoms with Crippen LogP contribution in [0.15, 0.2) is 22.8 Å². The SMILES string of the molecule is CC(C)CC(=O)N1CCC(Nc2ccc(Br)cn2)CC1. The maximum atomic E-state index is 12.0. The molecular weight excluding hydrogens is 318 g/mol. The third-order valence-electron chi connectivity index (χ3n) is 3.51. The van der Waals surface area contributed by atoms with E-state index in [1.807, 2.05) is 17.0 Å². The Morgan fingerprint density at radius 3 is 2.70 bits per heavy atom. The van der Waals surface area contributed by atoms with Gasteiger partial charge in [0.15, 0.2) is 0 Å². The summed E-state index contributed by atoms with van der Waals surface area (Å²) in [7, 11) is 0. The first-order valence-corrected chi connectivity index (χ1v) is 8.00. The number of likely N-dealkylation sites (tertiary alicyclic amines) is 1. The Labute approximate surface area is 129 Å². The molecule has 1 aromatic heterocycles. The number of anilines is 1. The van der Waals surface area contributed by atoms with Crippen molar-refractivity contribution in [2.45, 2.75) is 39.2 Å². The van der Waals surface area contributed by atoms with Crippen LogP contribution in [0.2, 0.25) is 0 Å². The fourth-order valence-corrected chi connectivity index (χ4v) is 2.66. The molecular formula is C15H22BrN3O. The van der Waals surface area contributed by atoms with Gasteiger partial charge in [-0.25, -0.2) is 4.98 Å². The second-order valence-corrected chi connectivity index (χ2v) is 6.67. The van der Waals surface area contributed by atoms with Crippen molar-refractivity contribution < 1.29 is 4.79 Å². The van der Waals surface area contributed by atoms with E-state index in [0.29, 0.717) is 24.3 Å². The molecule has 4 nitrogen and oxygen atoms in total. The Morgan fingerprint density at radius 1 is 1.45 bits per heavy atom. The van der Waals surface area contributed by atoms with Crippen LogP contribution in [0.25, 0.3) is 0 Å². The van der Waals surface area contributed by atoms with E-state index in [-0.39, 0.29) is 0 Å². The van der Waals surface area contributed by atoms with Gasteiger partial charge in [-0.2, -0.15) is 0 Å². The van der Waals surface area contributed by atoms with E-state index in [4.69, 9.17) is 0 Å². The number of carbonyl (C=O) groups is 1. The van der Waals surface area contributed by atoms with Crippen molar-refractivity contribution in [3.05, 3.63) is 22.8 Å². The van der Waals surface area contributed by atoms with Gasteiger partial charge in [0.05, 0.1) is 0 Å². The third kappa shape index (κ3) is 4.47. The molecule has 0 radical (unpaired) electrons. The van der Waals surface area contributed by atoms with Crippen LogP contribution in [0, 0.1) is 5.92 Å². The fraction of sp³-hybridized carbons (Fsp3) is 0.600. The summed E-state index contributed by atoms with van der Waals surface area (Å²) in [4.78, 5) is 18.3. The summed E-state index contributed by atoms with van der Waals surface area (Å²) >= 11 is 3.38. The summed E-state index contributed by atoms with van der Waals surface area (Å²) in [6.07, 6.45) is 4.43. The van der Waals surface area contributed by atoms with Crippen molar-refractivity contribution in [2.24, 2.45) is 5.92 Å². The number of rotatable bonds is 4. The van der Waals surface area contributed by atoms with Crippen molar-refractivity contribution in [3.63, 3.8) is 0 Å². The summed E-state index contributed by atoms with van der Waals surface area (Å²) in [5.41, 5.74) is 0. The van der Waals surface area contributed by atoms with E-state index in [1.54, 1.807) is 6.20 Å². The van der Waals surface area contributed by atoms with Crippen LogP contribution in [0.1, 0.15) is 33.1 Å². The first-order valence-electron chi connectivity index (χ1n) is 7.20. The highest BCUT2D eigenvalue weighted by Crippen LogP contribution is 2.18. The predicted octanol–water partition coefficient (Wildman–Crippen LogP) is 3.29. The number of nitrogens with zero attached hydrogens (tertiary/aromatic N) is 2. The Kier molecular flexibility index (Phi) is 5.40. The number of piperidine rings is 1. The molecule has 1 N–H and O–H groups in total. The molecule has 5 heteroatoms. The first kappa shape index (κ1) is 15.3. The first-order chi connectivity index (χ1) is 9.54. The summed E-state index contributed by atoms with van der Waals surface area (Å²) < 4.78 is 0.983. The molecule has 0 atom stereocenters. The van der Waals surface area contributed by atoms with Crippen LogP contribution in [-0.4, -0.2) is 34.9 Å². The Hall–Kier alpha value is -1.10. The molecule has 1 aromatic rings. The number of nitrogens with one attached hydrogen (secondary N) is 1. The van der Waals surface area contributed by atoms with E-state index in [0.717, 1.165) is 36.2 Å². The average molecular weight is 340 g/mol. The maximum Gasteiger partial charge on any atom is 0.222 e. The van der Waals surface area contributed by atoms with Crippen LogP contribution in [0.5, 0.6) is 0 Å². The molecule has 2 heterocycles. The molecule has 1 saturated heterocycles. The van der Waals surface area contributed by atoms with Gasteiger partial charge in [0, 0.05) is 36.2 Å².